The molecule has 0 saturated heterocycles. The maximum Gasteiger partial charge on any atom is 0.262 e. The minimum atomic E-state index is -0.377. The van der Waals surface area contributed by atoms with Gasteiger partial charge in [-0.25, -0.2) is 0 Å². The van der Waals surface area contributed by atoms with Crippen LogP contribution in [0.1, 0.15) is 22.2 Å². The second-order valence-electron chi connectivity index (χ2n) is 5.73. The van der Waals surface area contributed by atoms with E-state index in [1.165, 1.54) is 0 Å². The Bertz CT molecular complexity index is 912. The number of nitrogens with one attached hydrogen (secondary N) is 1. The van der Waals surface area contributed by atoms with Crippen molar-refractivity contribution < 1.29 is 9.53 Å². The minimum absolute atomic E-state index is 0.0605. The van der Waals surface area contributed by atoms with Crippen LogP contribution >= 0.6 is 0 Å². The Morgan fingerprint density at radius 1 is 1.04 bits per heavy atom. The molecule has 0 radical (unpaired) electrons. The number of carbonyl (C=O) groups is 1. The van der Waals surface area contributed by atoms with Crippen LogP contribution in [0, 0.1) is 0 Å². The van der Waals surface area contributed by atoms with Crippen molar-refractivity contribution in [2.75, 3.05) is 17.3 Å². The summed E-state index contributed by atoms with van der Waals surface area (Å²) in [4.78, 5) is 19.1. The first-order chi connectivity index (χ1) is 12.3. The number of aromatic nitrogens is 1. The van der Waals surface area contributed by atoms with Crippen molar-refractivity contribution in [3.63, 3.8) is 0 Å². The van der Waals surface area contributed by atoms with Crippen LogP contribution in [0.25, 0.3) is 0 Å². The molecule has 2 aromatic carbocycles. The molecule has 0 spiro atoms. The maximum atomic E-state index is 12.9. The predicted octanol–water partition coefficient (Wildman–Crippen LogP) is 3.86. The van der Waals surface area contributed by atoms with E-state index in [2.05, 4.69) is 10.3 Å². The highest BCUT2D eigenvalue weighted by Gasteiger charge is 2.38. The molecule has 1 atom stereocenters. The molecule has 0 aliphatic carbocycles. The number of hydrogen-bond acceptors (Lipinski definition) is 4. The lowest BCUT2D eigenvalue weighted by atomic mass is 10.2. The third kappa shape index (κ3) is 2.70. The van der Waals surface area contributed by atoms with Crippen LogP contribution in [0.2, 0.25) is 0 Å². The van der Waals surface area contributed by atoms with Crippen LogP contribution in [0.15, 0.2) is 72.9 Å². The van der Waals surface area contributed by atoms with E-state index in [1.807, 2.05) is 60.7 Å². The zero-order chi connectivity index (χ0) is 17.2. The molecule has 5 heteroatoms. The average molecular weight is 331 g/mol. The quantitative estimate of drug-likeness (QED) is 0.789. The number of hydrogen-bond donors (Lipinski definition) is 1. The summed E-state index contributed by atoms with van der Waals surface area (Å²) in [5, 5.41) is 3.41. The van der Waals surface area contributed by atoms with Crippen molar-refractivity contribution in [3.8, 4) is 5.75 Å². The molecular weight excluding hydrogens is 314 g/mol. The minimum Gasteiger partial charge on any atom is -0.497 e. The predicted molar refractivity (Wildman–Crippen MR) is 96.8 cm³/mol. The lowest BCUT2D eigenvalue weighted by Gasteiger charge is -2.26. The third-order valence-electron chi connectivity index (χ3n) is 4.21. The maximum absolute atomic E-state index is 12.9. The van der Waals surface area contributed by atoms with Gasteiger partial charge in [0.25, 0.3) is 5.91 Å². The van der Waals surface area contributed by atoms with Gasteiger partial charge in [-0.15, -0.1) is 0 Å². The Kier molecular flexibility index (Phi) is 3.82. The highest BCUT2D eigenvalue weighted by molar-refractivity contribution is 6.11. The second kappa shape index (κ2) is 6.28. The Morgan fingerprint density at radius 3 is 2.68 bits per heavy atom. The van der Waals surface area contributed by atoms with Gasteiger partial charge in [0.15, 0.2) is 6.17 Å². The summed E-state index contributed by atoms with van der Waals surface area (Å²) >= 11 is 0. The first-order valence-electron chi connectivity index (χ1n) is 8.02. The number of pyridine rings is 1. The van der Waals surface area contributed by atoms with Gasteiger partial charge in [-0.2, -0.15) is 0 Å². The number of ether oxygens (including phenoxy) is 1. The van der Waals surface area contributed by atoms with Crippen LogP contribution in [0.4, 0.5) is 11.4 Å². The Balaban J connectivity index is 1.77. The molecule has 1 aromatic heterocycles. The zero-order valence-corrected chi connectivity index (χ0v) is 13.7. The Hall–Kier alpha value is -3.34. The van der Waals surface area contributed by atoms with Gasteiger partial charge in [-0.3, -0.25) is 14.7 Å². The van der Waals surface area contributed by atoms with Gasteiger partial charge in [-0.05, 0) is 36.4 Å². The van der Waals surface area contributed by atoms with E-state index in [-0.39, 0.29) is 12.1 Å². The number of methoxy groups -OCH3 is 1. The van der Waals surface area contributed by atoms with Crippen molar-refractivity contribution in [1.82, 2.24) is 4.98 Å². The standard InChI is InChI=1S/C20H17N3O2/c1-25-16-10-5-7-14(13-16)22-19-18-17(11-6-12-21-18)20(24)23(19)15-8-3-2-4-9-15/h2-13,19,22H,1H3/t19-/m1/s1. The summed E-state index contributed by atoms with van der Waals surface area (Å²) in [6.07, 6.45) is 1.33. The first-order valence-corrected chi connectivity index (χ1v) is 8.02. The number of carbonyl (C=O) groups excluding carboxylic acids is 1. The Labute approximate surface area is 145 Å². The molecular formula is C20H17N3O2. The van der Waals surface area contributed by atoms with Gasteiger partial charge in [-0.1, -0.05) is 24.3 Å². The fourth-order valence-electron chi connectivity index (χ4n) is 3.04. The summed E-state index contributed by atoms with van der Waals surface area (Å²) in [6.45, 7) is 0. The summed E-state index contributed by atoms with van der Waals surface area (Å²) in [5.41, 5.74) is 3.02. The molecule has 4 rings (SSSR count). The van der Waals surface area contributed by atoms with Crippen LogP contribution in [0.5, 0.6) is 5.75 Å². The smallest absolute Gasteiger partial charge is 0.262 e. The van der Waals surface area contributed by atoms with Crippen molar-refractivity contribution in [1.29, 1.82) is 0 Å². The van der Waals surface area contributed by atoms with E-state index in [4.69, 9.17) is 4.74 Å². The number of rotatable bonds is 4. The summed E-state index contributed by atoms with van der Waals surface area (Å²) < 4.78 is 5.29. The molecule has 5 nitrogen and oxygen atoms in total. The fraction of sp³-hybridized carbons (Fsp3) is 0.100. The first kappa shape index (κ1) is 15.2. The van der Waals surface area contributed by atoms with Crippen molar-refractivity contribution >= 4 is 17.3 Å². The molecule has 0 saturated carbocycles. The van der Waals surface area contributed by atoms with E-state index in [9.17, 15) is 4.79 Å². The number of benzene rings is 2. The van der Waals surface area contributed by atoms with E-state index < -0.39 is 0 Å². The van der Waals surface area contributed by atoms with Gasteiger partial charge >= 0.3 is 0 Å². The SMILES string of the molecule is COc1cccc(N[C@H]2c3ncccc3C(=O)N2c2ccccc2)c1. The molecule has 1 amide bonds. The van der Waals surface area contributed by atoms with Gasteiger partial charge in [0, 0.05) is 23.6 Å². The van der Waals surface area contributed by atoms with E-state index in [1.54, 1.807) is 24.3 Å². The van der Waals surface area contributed by atoms with E-state index in [0.29, 0.717) is 5.56 Å². The monoisotopic (exact) mass is 331 g/mol. The fourth-order valence-corrected chi connectivity index (χ4v) is 3.04. The van der Waals surface area contributed by atoms with Crippen molar-refractivity contribution in [2.45, 2.75) is 6.17 Å². The van der Waals surface area contributed by atoms with Crippen LogP contribution in [-0.2, 0) is 0 Å². The molecule has 1 N–H and O–H groups in total. The number of nitrogens with zero attached hydrogens (tertiary/aromatic N) is 2. The highest BCUT2D eigenvalue weighted by Crippen LogP contribution is 2.37. The van der Waals surface area contributed by atoms with Gasteiger partial charge in [0.05, 0.1) is 18.4 Å². The van der Waals surface area contributed by atoms with E-state index in [0.717, 1.165) is 22.8 Å². The number of amides is 1. The lowest BCUT2D eigenvalue weighted by Crippen LogP contribution is -2.32. The normalized spacial score (nSPS) is 15.8. The lowest BCUT2D eigenvalue weighted by molar-refractivity contribution is 0.0993. The largest absolute Gasteiger partial charge is 0.497 e. The van der Waals surface area contributed by atoms with Crippen LogP contribution in [-0.4, -0.2) is 18.0 Å². The molecule has 0 unspecified atom stereocenters. The molecule has 0 fully saturated rings. The summed E-state index contributed by atoms with van der Waals surface area (Å²) in [5.74, 6) is 0.691. The topological polar surface area (TPSA) is 54.5 Å². The zero-order valence-electron chi connectivity index (χ0n) is 13.7. The van der Waals surface area contributed by atoms with Crippen molar-refractivity contribution in [2.24, 2.45) is 0 Å². The molecule has 0 bridgehead atoms. The van der Waals surface area contributed by atoms with Gasteiger partial charge < -0.3 is 10.1 Å². The molecule has 3 aromatic rings. The third-order valence-corrected chi connectivity index (χ3v) is 4.21. The van der Waals surface area contributed by atoms with Gasteiger partial charge in [0.1, 0.15) is 5.75 Å². The number of fused-ring (bicyclic) bond motifs is 1. The summed E-state index contributed by atoms with van der Waals surface area (Å²) in [6, 6.07) is 20.8. The second-order valence-corrected chi connectivity index (χ2v) is 5.73. The Morgan fingerprint density at radius 2 is 1.88 bits per heavy atom. The highest BCUT2D eigenvalue weighted by atomic mass is 16.5. The van der Waals surface area contributed by atoms with Gasteiger partial charge in [0.2, 0.25) is 0 Å². The average Bonchev–Trinajstić information content (AvgIpc) is 2.95. The number of para-hydroxylation sites is 1. The molecule has 124 valence electrons. The number of anilines is 2. The molecule has 25 heavy (non-hydrogen) atoms. The van der Waals surface area contributed by atoms with Crippen LogP contribution < -0.4 is 15.0 Å². The molecule has 1 aliphatic heterocycles. The molecule has 1 aliphatic rings. The van der Waals surface area contributed by atoms with Crippen LogP contribution in [0.3, 0.4) is 0 Å². The molecule has 2 heterocycles. The van der Waals surface area contributed by atoms with Crippen molar-refractivity contribution in [3.05, 3.63) is 84.2 Å². The van der Waals surface area contributed by atoms with E-state index >= 15 is 0 Å². The summed E-state index contributed by atoms with van der Waals surface area (Å²) in [7, 11) is 1.63.